The standard InChI is InChI=1S/C15H31NO2S/c1-3-11-16-14-15(8-6-5-7-9-15)10-13-19(17,18)12-4-2/h16H,3-14H2,1-2H3. The van der Waals surface area contributed by atoms with E-state index >= 15 is 0 Å². The molecule has 1 aliphatic carbocycles. The van der Waals surface area contributed by atoms with Crippen molar-refractivity contribution in [1.29, 1.82) is 0 Å². The first-order chi connectivity index (χ1) is 9.04. The lowest BCUT2D eigenvalue weighted by Gasteiger charge is -2.37. The molecule has 1 aliphatic rings. The van der Waals surface area contributed by atoms with Gasteiger partial charge in [-0.1, -0.05) is 33.1 Å². The van der Waals surface area contributed by atoms with E-state index < -0.39 is 9.84 Å². The summed E-state index contributed by atoms with van der Waals surface area (Å²) in [6.45, 7) is 6.16. The van der Waals surface area contributed by atoms with Gasteiger partial charge in [-0.05, 0) is 44.1 Å². The number of hydrogen-bond acceptors (Lipinski definition) is 3. The summed E-state index contributed by atoms with van der Waals surface area (Å²) in [5.41, 5.74) is 0.244. The van der Waals surface area contributed by atoms with Crippen LogP contribution in [0.4, 0.5) is 0 Å². The van der Waals surface area contributed by atoms with E-state index in [2.05, 4.69) is 12.2 Å². The van der Waals surface area contributed by atoms with Gasteiger partial charge in [0.25, 0.3) is 0 Å². The van der Waals surface area contributed by atoms with Gasteiger partial charge in [-0.15, -0.1) is 0 Å². The van der Waals surface area contributed by atoms with E-state index in [1.165, 1.54) is 32.1 Å². The van der Waals surface area contributed by atoms with Gasteiger partial charge in [-0.25, -0.2) is 8.42 Å². The summed E-state index contributed by atoms with van der Waals surface area (Å²) in [6, 6.07) is 0. The zero-order chi connectivity index (χ0) is 14.2. The molecule has 114 valence electrons. The minimum absolute atomic E-state index is 0.244. The van der Waals surface area contributed by atoms with Crippen LogP contribution < -0.4 is 5.32 Å². The Morgan fingerprint density at radius 3 is 2.26 bits per heavy atom. The molecular weight excluding hydrogens is 258 g/mol. The first-order valence-corrected chi connectivity index (χ1v) is 9.77. The van der Waals surface area contributed by atoms with Gasteiger partial charge in [0.1, 0.15) is 9.84 Å². The fourth-order valence-corrected chi connectivity index (χ4v) is 4.70. The fraction of sp³-hybridized carbons (Fsp3) is 1.00. The molecule has 4 heteroatoms. The van der Waals surface area contributed by atoms with Crippen molar-refractivity contribution >= 4 is 9.84 Å². The van der Waals surface area contributed by atoms with Crippen LogP contribution in [0.25, 0.3) is 0 Å². The van der Waals surface area contributed by atoms with E-state index in [1.54, 1.807) is 0 Å². The van der Waals surface area contributed by atoms with Gasteiger partial charge in [0.15, 0.2) is 0 Å². The number of hydrogen-bond donors (Lipinski definition) is 1. The van der Waals surface area contributed by atoms with Gasteiger partial charge >= 0.3 is 0 Å². The van der Waals surface area contributed by atoms with Crippen molar-refractivity contribution in [3.63, 3.8) is 0 Å². The van der Waals surface area contributed by atoms with Crippen LogP contribution in [0.3, 0.4) is 0 Å². The quantitative estimate of drug-likeness (QED) is 0.663. The van der Waals surface area contributed by atoms with Crippen LogP contribution in [0.1, 0.15) is 65.2 Å². The van der Waals surface area contributed by atoms with Gasteiger partial charge in [0, 0.05) is 12.3 Å². The minimum Gasteiger partial charge on any atom is -0.316 e. The molecule has 0 amide bonds. The maximum Gasteiger partial charge on any atom is 0.150 e. The van der Waals surface area contributed by atoms with Crippen LogP contribution in [-0.4, -0.2) is 33.0 Å². The Labute approximate surface area is 119 Å². The summed E-state index contributed by atoms with van der Waals surface area (Å²) < 4.78 is 23.8. The summed E-state index contributed by atoms with van der Waals surface area (Å²) in [5, 5.41) is 3.52. The van der Waals surface area contributed by atoms with Gasteiger partial charge in [-0.3, -0.25) is 0 Å². The molecule has 1 saturated carbocycles. The Morgan fingerprint density at radius 1 is 1.00 bits per heavy atom. The second-order valence-corrected chi connectivity index (χ2v) is 8.44. The molecule has 19 heavy (non-hydrogen) atoms. The maximum absolute atomic E-state index is 11.9. The molecule has 0 spiro atoms. The molecule has 0 bridgehead atoms. The van der Waals surface area contributed by atoms with Crippen LogP contribution in [-0.2, 0) is 9.84 Å². The molecule has 0 aromatic heterocycles. The lowest BCUT2D eigenvalue weighted by atomic mass is 9.72. The lowest BCUT2D eigenvalue weighted by Crippen LogP contribution is -2.38. The zero-order valence-corrected chi connectivity index (χ0v) is 13.5. The molecule has 1 N–H and O–H groups in total. The third kappa shape index (κ3) is 6.26. The lowest BCUT2D eigenvalue weighted by molar-refractivity contribution is 0.176. The predicted octanol–water partition coefficient (Wildman–Crippen LogP) is 3.15. The monoisotopic (exact) mass is 289 g/mol. The Balaban J connectivity index is 2.53. The van der Waals surface area contributed by atoms with Crippen LogP contribution in [0.5, 0.6) is 0 Å². The fourth-order valence-electron chi connectivity index (χ4n) is 3.13. The molecule has 0 radical (unpaired) electrons. The summed E-state index contributed by atoms with van der Waals surface area (Å²) in [7, 11) is -2.83. The number of nitrogens with one attached hydrogen (secondary N) is 1. The van der Waals surface area contributed by atoms with Crippen molar-refractivity contribution in [3.05, 3.63) is 0 Å². The molecule has 0 heterocycles. The van der Waals surface area contributed by atoms with E-state index in [0.29, 0.717) is 11.5 Å². The molecule has 0 atom stereocenters. The molecule has 0 saturated heterocycles. The normalized spacial score (nSPS) is 19.5. The molecule has 3 nitrogen and oxygen atoms in total. The minimum atomic E-state index is -2.83. The third-order valence-corrected chi connectivity index (χ3v) is 6.16. The topological polar surface area (TPSA) is 46.2 Å². The van der Waals surface area contributed by atoms with Crippen LogP contribution in [0.15, 0.2) is 0 Å². The predicted molar refractivity (Wildman–Crippen MR) is 82.2 cm³/mol. The molecule has 0 unspecified atom stereocenters. The van der Waals surface area contributed by atoms with Crippen molar-refractivity contribution in [2.24, 2.45) is 5.41 Å². The first kappa shape index (κ1) is 17.0. The SMILES string of the molecule is CCCNCC1(CCS(=O)(=O)CCC)CCCCC1. The van der Waals surface area contributed by atoms with E-state index in [0.717, 1.165) is 32.4 Å². The molecule has 1 rings (SSSR count). The Kier molecular flexibility index (Phi) is 7.37. The summed E-state index contributed by atoms with van der Waals surface area (Å²) in [4.78, 5) is 0. The zero-order valence-electron chi connectivity index (χ0n) is 12.7. The summed E-state index contributed by atoms with van der Waals surface area (Å²) in [5.74, 6) is 0.736. The summed E-state index contributed by atoms with van der Waals surface area (Å²) in [6.07, 6.45) is 8.98. The first-order valence-electron chi connectivity index (χ1n) is 7.95. The Bertz CT molecular complexity index is 332. The number of sulfone groups is 1. The van der Waals surface area contributed by atoms with Crippen LogP contribution in [0, 0.1) is 5.41 Å². The van der Waals surface area contributed by atoms with E-state index in [9.17, 15) is 8.42 Å². The van der Waals surface area contributed by atoms with Crippen LogP contribution in [0.2, 0.25) is 0 Å². The molecule has 1 fully saturated rings. The van der Waals surface area contributed by atoms with Crippen molar-refractivity contribution in [3.8, 4) is 0 Å². The van der Waals surface area contributed by atoms with Crippen molar-refractivity contribution in [2.45, 2.75) is 65.2 Å². The highest BCUT2D eigenvalue weighted by Crippen LogP contribution is 2.39. The van der Waals surface area contributed by atoms with Crippen molar-refractivity contribution in [2.75, 3.05) is 24.6 Å². The van der Waals surface area contributed by atoms with Crippen LogP contribution >= 0.6 is 0 Å². The second-order valence-electron chi connectivity index (χ2n) is 6.14. The highest BCUT2D eigenvalue weighted by Gasteiger charge is 2.32. The smallest absolute Gasteiger partial charge is 0.150 e. The van der Waals surface area contributed by atoms with E-state index in [4.69, 9.17) is 0 Å². The molecule has 0 aromatic carbocycles. The van der Waals surface area contributed by atoms with Gasteiger partial charge in [0.2, 0.25) is 0 Å². The Hall–Kier alpha value is -0.0900. The third-order valence-electron chi connectivity index (χ3n) is 4.30. The molecule has 0 aromatic rings. The number of rotatable bonds is 9. The highest BCUT2D eigenvalue weighted by atomic mass is 32.2. The largest absolute Gasteiger partial charge is 0.316 e. The highest BCUT2D eigenvalue weighted by molar-refractivity contribution is 7.91. The average Bonchev–Trinajstić information content (AvgIpc) is 2.38. The van der Waals surface area contributed by atoms with Gasteiger partial charge in [0.05, 0.1) is 5.75 Å². The average molecular weight is 289 g/mol. The van der Waals surface area contributed by atoms with Crippen molar-refractivity contribution in [1.82, 2.24) is 5.32 Å². The van der Waals surface area contributed by atoms with Gasteiger partial charge in [-0.2, -0.15) is 0 Å². The van der Waals surface area contributed by atoms with E-state index in [1.807, 2.05) is 6.92 Å². The Morgan fingerprint density at radius 2 is 1.68 bits per heavy atom. The second kappa shape index (κ2) is 8.25. The molecule has 0 aliphatic heterocycles. The maximum atomic E-state index is 11.9. The van der Waals surface area contributed by atoms with Gasteiger partial charge < -0.3 is 5.32 Å². The van der Waals surface area contributed by atoms with E-state index in [-0.39, 0.29) is 5.41 Å². The molecular formula is C15H31NO2S. The van der Waals surface area contributed by atoms with Crippen molar-refractivity contribution < 1.29 is 8.42 Å². The summed E-state index contributed by atoms with van der Waals surface area (Å²) >= 11 is 0.